The minimum absolute atomic E-state index is 0.272. The van der Waals surface area contributed by atoms with E-state index in [1.165, 1.54) is 13.5 Å². The highest BCUT2D eigenvalue weighted by Gasteiger charge is 2.31. The number of ether oxygens (including phenoxy) is 1. The zero-order chi connectivity index (χ0) is 15.5. The van der Waals surface area contributed by atoms with E-state index in [4.69, 9.17) is 4.74 Å². The van der Waals surface area contributed by atoms with Gasteiger partial charge in [0.15, 0.2) is 0 Å². The van der Waals surface area contributed by atoms with Crippen LogP contribution in [-0.2, 0) is 9.53 Å². The predicted octanol–water partition coefficient (Wildman–Crippen LogP) is 1.92. The van der Waals surface area contributed by atoms with Crippen LogP contribution in [0.25, 0.3) is 0 Å². The standard InChI is InChI=1S/C17H22N2O3/c1-22-17(21)14-6-3-7-15(12-14)18-8-10-19(11-9-18)16(20)13-4-2-5-13/h3,6-7,12-13H,2,4-5,8-11H2,1H3. The fraction of sp³-hybridized carbons (Fsp3) is 0.529. The molecule has 1 aromatic carbocycles. The molecule has 0 unspecified atom stereocenters. The number of carbonyl (C=O) groups is 2. The molecule has 1 amide bonds. The zero-order valence-corrected chi connectivity index (χ0v) is 13.0. The first kappa shape index (κ1) is 14.9. The Morgan fingerprint density at radius 1 is 1.14 bits per heavy atom. The molecule has 0 bridgehead atoms. The number of benzene rings is 1. The number of rotatable bonds is 3. The summed E-state index contributed by atoms with van der Waals surface area (Å²) in [6.45, 7) is 3.14. The lowest BCUT2D eigenvalue weighted by Gasteiger charge is -2.39. The summed E-state index contributed by atoms with van der Waals surface area (Å²) in [6.07, 6.45) is 3.30. The van der Waals surface area contributed by atoms with Crippen LogP contribution in [0.5, 0.6) is 0 Å². The van der Waals surface area contributed by atoms with E-state index in [0.717, 1.165) is 44.7 Å². The topological polar surface area (TPSA) is 49.9 Å². The van der Waals surface area contributed by atoms with Gasteiger partial charge in [0, 0.05) is 37.8 Å². The van der Waals surface area contributed by atoms with Gasteiger partial charge in [0.05, 0.1) is 12.7 Å². The first-order valence-corrected chi connectivity index (χ1v) is 7.91. The van der Waals surface area contributed by atoms with Crippen molar-refractivity contribution in [2.75, 3.05) is 38.2 Å². The van der Waals surface area contributed by atoms with E-state index in [1.807, 2.05) is 23.1 Å². The van der Waals surface area contributed by atoms with Crippen LogP contribution < -0.4 is 4.90 Å². The van der Waals surface area contributed by atoms with Crippen LogP contribution >= 0.6 is 0 Å². The Morgan fingerprint density at radius 3 is 2.45 bits per heavy atom. The molecule has 2 fully saturated rings. The van der Waals surface area contributed by atoms with Crippen LogP contribution in [-0.4, -0.2) is 50.1 Å². The molecule has 1 aromatic rings. The first-order chi connectivity index (χ1) is 10.7. The largest absolute Gasteiger partial charge is 0.465 e. The summed E-state index contributed by atoms with van der Waals surface area (Å²) >= 11 is 0. The highest BCUT2D eigenvalue weighted by molar-refractivity contribution is 5.90. The zero-order valence-electron chi connectivity index (χ0n) is 13.0. The van der Waals surface area contributed by atoms with Crippen molar-refractivity contribution in [1.82, 2.24) is 4.90 Å². The molecular weight excluding hydrogens is 280 g/mol. The number of esters is 1. The number of hydrogen-bond acceptors (Lipinski definition) is 4. The molecular formula is C17H22N2O3. The minimum atomic E-state index is -0.319. The summed E-state index contributed by atoms with van der Waals surface area (Å²) < 4.78 is 4.76. The SMILES string of the molecule is COC(=O)c1cccc(N2CCN(C(=O)C3CCC3)CC2)c1. The predicted molar refractivity (Wildman–Crippen MR) is 83.9 cm³/mol. The van der Waals surface area contributed by atoms with Crippen molar-refractivity contribution in [3.63, 3.8) is 0 Å². The Bertz CT molecular complexity index is 561. The third kappa shape index (κ3) is 2.93. The van der Waals surface area contributed by atoms with Gasteiger partial charge in [0.2, 0.25) is 5.91 Å². The Balaban J connectivity index is 1.61. The lowest BCUT2D eigenvalue weighted by molar-refractivity contribution is -0.138. The Hall–Kier alpha value is -2.04. The smallest absolute Gasteiger partial charge is 0.337 e. The van der Waals surface area contributed by atoms with Crippen LogP contribution in [0, 0.1) is 5.92 Å². The Morgan fingerprint density at radius 2 is 1.86 bits per heavy atom. The van der Waals surface area contributed by atoms with E-state index < -0.39 is 0 Å². The number of carbonyl (C=O) groups excluding carboxylic acids is 2. The van der Waals surface area contributed by atoms with Gasteiger partial charge in [-0.15, -0.1) is 0 Å². The number of anilines is 1. The molecule has 1 aliphatic carbocycles. The summed E-state index contributed by atoms with van der Waals surface area (Å²) in [5, 5.41) is 0. The molecule has 1 saturated heterocycles. The lowest BCUT2D eigenvalue weighted by Crippen LogP contribution is -2.51. The molecule has 0 N–H and O–H groups in total. The second-order valence-corrected chi connectivity index (χ2v) is 5.98. The maximum atomic E-state index is 12.3. The molecule has 0 aromatic heterocycles. The molecule has 2 aliphatic rings. The summed E-state index contributed by atoms with van der Waals surface area (Å²) in [7, 11) is 1.39. The third-order valence-corrected chi connectivity index (χ3v) is 4.68. The van der Waals surface area contributed by atoms with E-state index >= 15 is 0 Å². The van der Waals surface area contributed by atoms with Crippen LogP contribution in [0.4, 0.5) is 5.69 Å². The molecule has 1 heterocycles. The average Bonchev–Trinajstić information content (AvgIpc) is 2.52. The maximum Gasteiger partial charge on any atom is 0.337 e. The molecule has 5 nitrogen and oxygen atoms in total. The maximum absolute atomic E-state index is 12.3. The van der Waals surface area contributed by atoms with Crippen LogP contribution in [0.3, 0.4) is 0 Å². The summed E-state index contributed by atoms with van der Waals surface area (Å²) in [6, 6.07) is 7.48. The van der Waals surface area contributed by atoms with Gasteiger partial charge in [-0.05, 0) is 31.0 Å². The number of methoxy groups -OCH3 is 1. The van der Waals surface area contributed by atoms with Crippen LogP contribution in [0.2, 0.25) is 0 Å². The normalized spacial score (nSPS) is 18.8. The second-order valence-electron chi connectivity index (χ2n) is 5.98. The third-order valence-electron chi connectivity index (χ3n) is 4.68. The molecule has 1 aliphatic heterocycles. The van der Waals surface area contributed by atoms with Gasteiger partial charge in [0.25, 0.3) is 0 Å². The second kappa shape index (κ2) is 6.38. The lowest BCUT2D eigenvalue weighted by atomic mass is 9.84. The summed E-state index contributed by atoms with van der Waals surface area (Å²) in [5.74, 6) is 0.282. The van der Waals surface area contributed by atoms with E-state index in [-0.39, 0.29) is 11.9 Å². The van der Waals surface area contributed by atoms with Crippen molar-refractivity contribution in [3.05, 3.63) is 29.8 Å². The van der Waals surface area contributed by atoms with Gasteiger partial charge in [-0.3, -0.25) is 4.79 Å². The quantitative estimate of drug-likeness (QED) is 0.801. The Kier molecular flexibility index (Phi) is 4.32. The van der Waals surface area contributed by atoms with E-state index in [0.29, 0.717) is 11.5 Å². The highest BCUT2D eigenvalue weighted by atomic mass is 16.5. The molecule has 1 saturated carbocycles. The molecule has 22 heavy (non-hydrogen) atoms. The van der Waals surface area contributed by atoms with Gasteiger partial charge in [-0.1, -0.05) is 12.5 Å². The van der Waals surface area contributed by atoms with Gasteiger partial charge < -0.3 is 14.5 Å². The van der Waals surface area contributed by atoms with Gasteiger partial charge in [0.1, 0.15) is 0 Å². The van der Waals surface area contributed by atoms with Crippen molar-refractivity contribution in [3.8, 4) is 0 Å². The Labute approximate surface area is 130 Å². The highest BCUT2D eigenvalue weighted by Crippen LogP contribution is 2.29. The molecule has 0 radical (unpaired) electrons. The van der Waals surface area contributed by atoms with Gasteiger partial charge >= 0.3 is 5.97 Å². The summed E-state index contributed by atoms with van der Waals surface area (Å²) in [4.78, 5) is 28.1. The van der Waals surface area contributed by atoms with Crippen molar-refractivity contribution >= 4 is 17.6 Å². The van der Waals surface area contributed by atoms with Gasteiger partial charge in [-0.25, -0.2) is 4.79 Å². The first-order valence-electron chi connectivity index (χ1n) is 7.91. The molecule has 0 atom stereocenters. The van der Waals surface area contributed by atoms with Crippen LogP contribution in [0.15, 0.2) is 24.3 Å². The van der Waals surface area contributed by atoms with Crippen molar-refractivity contribution in [2.45, 2.75) is 19.3 Å². The molecule has 5 heteroatoms. The average molecular weight is 302 g/mol. The fourth-order valence-electron chi connectivity index (χ4n) is 3.05. The monoisotopic (exact) mass is 302 g/mol. The van der Waals surface area contributed by atoms with E-state index in [9.17, 15) is 9.59 Å². The minimum Gasteiger partial charge on any atom is -0.465 e. The number of hydrogen-bond donors (Lipinski definition) is 0. The van der Waals surface area contributed by atoms with Crippen molar-refractivity contribution in [2.24, 2.45) is 5.92 Å². The van der Waals surface area contributed by atoms with Crippen LogP contribution in [0.1, 0.15) is 29.6 Å². The number of piperazine rings is 1. The molecule has 118 valence electrons. The van der Waals surface area contributed by atoms with Gasteiger partial charge in [-0.2, -0.15) is 0 Å². The number of nitrogens with zero attached hydrogens (tertiary/aromatic N) is 2. The molecule has 3 rings (SSSR count). The number of amides is 1. The summed E-state index contributed by atoms with van der Waals surface area (Å²) in [5.41, 5.74) is 1.58. The molecule has 0 spiro atoms. The fourth-order valence-corrected chi connectivity index (χ4v) is 3.05. The van der Waals surface area contributed by atoms with E-state index in [1.54, 1.807) is 6.07 Å². The van der Waals surface area contributed by atoms with E-state index in [2.05, 4.69) is 4.90 Å². The van der Waals surface area contributed by atoms with Crippen molar-refractivity contribution in [1.29, 1.82) is 0 Å². The van der Waals surface area contributed by atoms with Crippen molar-refractivity contribution < 1.29 is 14.3 Å².